The summed E-state index contributed by atoms with van der Waals surface area (Å²) in [6.07, 6.45) is 0.193. The highest BCUT2D eigenvalue weighted by Crippen LogP contribution is 2.43. The number of carbonyl (C=O) groups excluding carboxylic acids is 1. The summed E-state index contributed by atoms with van der Waals surface area (Å²) >= 11 is 1.61. The second kappa shape index (κ2) is 8.74. The maximum Gasteiger partial charge on any atom is 0.228 e. The average Bonchev–Trinajstić information content (AvgIpc) is 3.40. The monoisotopic (exact) mass is 469 g/mol. The highest BCUT2D eigenvalue weighted by Gasteiger charge is 2.31. The molecular weight excluding hydrogens is 438 g/mol. The number of hydrogen-bond donors (Lipinski definition) is 0. The van der Waals surface area contributed by atoms with Crippen molar-refractivity contribution in [3.63, 3.8) is 0 Å². The Morgan fingerprint density at radius 1 is 1.30 bits per heavy atom. The maximum absolute atomic E-state index is 13.0. The molecule has 1 aromatic carbocycles. The summed E-state index contributed by atoms with van der Waals surface area (Å²) in [5.41, 5.74) is 3.16. The number of imidazole rings is 1. The van der Waals surface area contributed by atoms with Gasteiger partial charge in [-0.1, -0.05) is 0 Å². The Bertz CT molecular complexity index is 1160. The minimum absolute atomic E-state index is 0.0128. The number of likely N-dealkylation sites (N-methyl/N-ethyl adjacent to an activating group) is 1. The van der Waals surface area contributed by atoms with Crippen LogP contribution < -0.4 is 14.2 Å². The minimum Gasteiger partial charge on any atom is -0.493 e. The number of benzene rings is 1. The van der Waals surface area contributed by atoms with E-state index in [0.29, 0.717) is 23.9 Å². The minimum atomic E-state index is -0.268. The van der Waals surface area contributed by atoms with Crippen LogP contribution in [0.1, 0.15) is 46.0 Å². The highest BCUT2D eigenvalue weighted by atomic mass is 32.1. The van der Waals surface area contributed by atoms with Gasteiger partial charge in [0.15, 0.2) is 11.5 Å². The zero-order chi connectivity index (χ0) is 23.9. The van der Waals surface area contributed by atoms with Crippen molar-refractivity contribution < 1.29 is 19.0 Å². The lowest BCUT2D eigenvalue weighted by molar-refractivity contribution is -0.133. The lowest BCUT2D eigenvalue weighted by Gasteiger charge is -2.32. The van der Waals surface area contributed by atoms with Crippen LogP contribution in [0, 0.1) is 0 Å². The SMILES string of the molecule is COc1cc2c(cc1OC(C)C)-n1c(-c3ccsc3)nc(CC(=O)N(C)C(C)(C)C)c1CO2. The van der Waals surface area contributed by atoms with Crippen molar-refractivity contribution in [1.29, 1.82) is 0 Å². The van der Waals surface area contributed by atoms with Gasteiger partial charge in [-0.15, -0.1) is 0 Å². The molecule has 0 saturated carbocycles. The molecule has 7 nitrogen and oxygen atoms in total. The molecule has 3 aromatic rings. The van der Waals surface area contributed by atoms with E-state index in [1.165, 1.54) is 0 Å². The lowest BCUT2D eigenvalue weighted by atomic mass is 10.1. The van der Waals surface area contributed by atoms with Crippen LogP contribution in [0.15, 0.2) is 29.0 Å². The Kier molecular flexibility index (Phi) is 6.14. The molecule has 0 unspecified atom stereocenters. The van der Waals surface area contributed by atoms with Crippen molar-refractivity contribution in [3.8, 4) is 34.3 Å². The van der Waals surface area contributed by atoms with Crippen molar-refractivity contribution in [1.82, 2.24) is 14.5 Å². The topological polar surface area (TPSA) is 65.8 Å². The van der Waals surface area contributed by atoms with Crippen LogP contribution in [0.25, 0.3) is 17.1 Å². The molecule has 0 aliphatic carbocycles. The summed E-state index contributed by atoms with van der Waals surface area (Å²) in [7, 11) is 3.45. The van der Waals surface area contributed by atoms with Crippen molar-refractivity contribution in [2.75, 3.05) is 14.2 Å². The molecule has 1 aliphatic heterocycles. The van der Waals surface area contributed by atoms with Gasteiger partial charge in [0.05, 0.1) is 36.7 Å². The fourth-order valence-electron chi connectivity index (χ4n) is 3.74. The Morgan fingerprint density at radius 3 is 2.67 bits per heavy atom. The second-order valence-electron chi connectivity index (χ2n) is 9.40. The number of amides is 1. The summed E-state index contributed by atoms with van der Waals surface area (Å²) in [6.45, 7) is 10.3. The first-order chi connectivity index (χ1) is 15.6. The van der Waals surface area contributed by atoms with Gasteiger partial charge in [-0.3, -0.25) is 9.36 Å². The van der Waals surface area contributed by atoms with E-state index in [1.54, 1.807) is 23.3 Å². The number of rotatable bonds is 6. The standard InChI is InChI=1S/C25H31N3O4S/c1-15(2)32-22-11-18-20(12-21(22)30-7)31-13-19-17(10-23(29)27(6)25(3,4)5)26-24(28(18)19)16-8-9-33-14-16/h8-9,11-12,14-15H,10,13H2,1-7H3. The van der Waals surface area contributed by atoms with Gasteiger partial charge in [-0.05, 0) is 46.1 Å². The molecule has 0 bridgehead atoms. The number of ether oxygens (including phenoxy) is 3. The maximum atomic E-state index is 13.0. The fraction of sp³-hybridized carbons (Fsp3) is 0.440. The first kappa shape index (κ1) is 23.2. The molecule has 1 amide bonds. The van der Waals surface area contributed by atoms with E-state index in [9.17, 15) is 4.79 Å². The zero-order valence-electron chi connectivity index (χ0n) is 20.3. The molecule has 0 atom stereocenters. The molecule has 0 fully saturated rings. The molecule has 3 heterocycles. The van der Waals surface area contributed by atoms with Crippen molar-refractivity contribution in [2.24, 2.45) is 0 Å². The molecule has 1 aliphatic rings. The molecule has 2 aromatic heterocycles. The predicted octanol–water partition coefficient (Wildman–Crippen LogP) is 5.09. The van der Waals surface area contributed by atoms with E-state index in [0.717, 1.165) is 28.5 Å². The van der Waals surface area contributed by atoms with Crippen LogP contribution in [-0.2, 0) is 17.8 Å². The predicted molar refractivity (Wildman–Crippen MR) is 130 cm³/mol. The number of aromatic nitrogens is 2. The lowest BCUT2D eigenvalue weighted by Crippen LogP contribution is -2.43. The molecule has 0 saturated heterocycles. The molecule has 33 heavy (non-hydrogen) atoms. The molecular formula is C25H31N3O4S. The molecule has 0 spiro atoms. The van der Waals surface area contributed by atoms with Gasteiger partial charge in [0.1, 0.15) is 18.2 Å². The number of carbonyl (C=O) groups is 1. The highest BCUT2D eigenvalue weighted by molar-refractivity contribution is 7.08. The molecule has 176 valence electrons. The normalized spacial score (nSPS) is 12.7. The van der Waals surface area contributed by atoms with Crippen LogP contribution in [-0.4, -0.2) is 46.2 Å². The summed E-state index contributed by atoms with van der Waals surface area (Å²) < 4.78 is 19.8. The molecule has 8 heteroatoms. The van der Waals surface area contributed by atoms with E-state index in [1.807, 2.05) is 65.2 Å². The molecule has 0 N–H and O–H groups in total. The second-order valence-corrected chi connectivity index (χ2v) is 10.2. The van der Waals surface area contributed by atoms with Crippen LogP contribution in [0.2, 0.25) is 0 Å². The quantitative estimate of drug-likeness (QED) is 0.503. The van der Waals surface area contributed by atoms with E-state index in [-0.39, 0.29) is 24.0 Å². The summed E-state index contributed by atoms with van der Waals surface area (Å²) in [5, 5.41) is 4.09. The van der Waals surface area contributed by atoms with E-state index >= 15 is 0 Å². The van der Waals surface area contributed by atoms with E-state index in [2.05, 4.69) is 9.95 Å². The first-order valence-electron chi connectivity index (χ1n) is 11.0. The Hall–Kier alpha value is -3.00. The van der Waals surface area contributed by atoms with Crippen LogP contribution in [0.5, 0.6) is 17.2 Å². The third-order valence-corrected chi connectivity index (χ3v) is 6.43. The van der Waals surface area contributed by atoms with Crippen molar-refractivity contribution in [2.45, 2.75) is 59.3 Å². The Labute approximate surface area is 198 Å². The van der Waals surface area contributed by atoms with Gasteiger partial charge in [-0.25, -0.2) is 4.98 Å². The number of methoxy groups -OCH3 is 1. The van der Waals surface area contributed by atoms with Gasteiger partial charge < -0.3 is 19.1 Å². The third kappa shape index (κ3) is 4.44. The smallest absolute Gasteiger partial charge is 0.228 e. The van der Waals surface area contributed by atoms with Gasteiger partial charge in [0, 0.05) is 35.7 Å². The van der Waals surface area contributed by atoms with Crippen LogP contribution in [0.3, 0.4) is 0 Å². The number of fused-ring (bicyclic) bond motifs is 3. The Balaban J connectivity index is 1.85. The zero-order valence-corrected chi connectivity index (χ0v) is 21.1. The van der Waals surface area contributed by atoms with Gasteiger partial charge in [0.25, 0.3) is 0 Å². The van der Waals surface area contributed by atoms with E-state index < -0.39 is 0 Å². The number of nitrogens with zero attached hydrogens (tertiary/aromatic N) is 3. The van der Waals surface area contributed by atoms with Gasteiger partial charge in [0.2, 0.25) is 5.91 Å². The van der Waals surface area contributed by atoms with Crippen molar-refractivity contribution >= 4 is 17.2 Å². The average molecular weight is 470 g/mol. The van der Waals surface area contributed by atoms with E-state index in [4.69, 9.17) is 19.2 Å². The van der Waals surface area contributed by atoms with Crippen LogP contribution in [0.4, 0.5) is 0 Å². The first-order valence-corrected chi connectivity index (χ1v) is 12.0. The van der Waals surface area contributed by atoms with Crippen LogP contribution >= 0.6 is 11.3 Å². The van der Waals surface area contributed by atoms with Gasteiger partial charge in [-0.2, -0.15) is 11.3 Å². The third-order valence-electron chi connectivity index (χ3n) is 5.75. The largest absolute Gasteiger partial charge is 0.493 e. The van der Waals surface area contributed by atoms with Crippen molar-refractivity contribution in [3.05, 3.63) is 40.3 Å². The summed E-state index contributed by atoms with van der Waals surface area (Å²) in [6, 6.07) is 5.82. The molecule has 4 rings (SSSR count). The molecule has 0 radical (unpaired) electrons. The summed E-state index contributed by atoms with van der Waals surface area (Å²) in [5.74, 6) is 2.75. The fourth-order valence-corrected chi connectivity index (χ4v) is 4.38. The van der Waals surface area contributed by atoms with Gasteiger partial charge >= 0.3 is 0 Å². The summed E-state index contributed by atoms with van der Waals surface area (Å²) in [4.78, 5) is 19.8. The Morgan fingerprint density at radius 2 is 2.06 bits per heavy atom. The number of thiophene rings is 1. The number of hydrogen-bond acceptors (Lipinski definition) is 6.